The van der Waals surface area contributed by atoms with Gasteiger partial charge in [-0.05, 0) is 36.4 Å². The van der Waals surface area contributed by atoms with Gasteiger partial charge in [0.1, 0.15) is 11.6 Å². The van der Waals surface area contributed by atoms with Crippen LogP contribution in [0.15, 0.2) is 48.5 Å². The Morgan fingerprint density at radius 2 is 1.74 bits per heavy atom. The van der Waals surface area contributed by atoms with E-state index in [0.717, 1.165) is 61.1 Å². The summed E-state index contributed by atoms with van der Waals surface area (Å²) in [4.78, 5) is 14.0. The molecule has 3 aromatic rings. The SMILES string of the molecule is CN(C)c1ccc(Nc2nc(CN3CCOCC3)nc3ccccc23)cc1. The van der Waals surface area contributed by atoms with Gasteiger partial charge in [-0.1, -0.05) is 12.1 Å². The Balaban J connectivity index is 1.63. The Labute approximate surface area is 159 Å². The molecule has 0 amide bonds. The number of anilines is 3. The summed E-state index contributed by atoms with van der Waals surface area (Å²) in [7, 11) is 4.08. The molecule has 1 aliphatic rings. The highest BCUT2D eigenvalue weighted by atomic mass is 16.5. The summed E-state index contributed by atoms with van der Waals surface area (Å²) in [6.07, 6.45) is 0. The standard InChI is InChI=1S/C21H25N5O/c1-25(2)17-9-7-16(8-10-17)22-21-18-5-3-4-6-19(18)23-20(24-21)15-26-11-13-27-14-12-26/h3-10H,11-15H2,1-2H3,(H,22,23,24). The predicted octanol–water partition coefficient (Wildman–Crippen LogP) is 3.27. The molecule has 1 saturated heterocycles. The zero-order valence-corrected chi connectivity index (χ0v) is 15.9. The molecule has 27 heavy (non-hydrogen) atoms. The number of nitrogens with zero attached hydrogens (tertiary/aromatic N) is 4. The number of para-hydroxylation sites is 1. The van der Waals surface area contributed by atoms with E-state index >= 15 is 0 Å². The third-order valence-corrected chi connectivity index (χ3v) is 4.76. The maximum absolute atomic E-state index is 5.44. The van der Waals surface area contributed by atoms with E-state index in [0.29, 0.717) is 0 Å². The van der Waals surface area contributed by atoms with Crippen molar-refractivity contribution in [3.05, 3.63) is 54.4 Å². The van der Waals surface area contributed by atoms with Crippen LogP contribution in [0.25, 0.3) is 10.9 Å². The van der Waals surface area contributed by atoms with Gasteiger partial charge in [0.15, 0.2) is 0 Å². The average Bonchev–Trinajstić information content (AvgIpc) is 2.69. The van der Waals surface area contributed by atoms with Crippen LogP contribution in [-0.2, 0) is 11.3 Å². The summed E-state index contributed by atoms with van der Waals surface area (Å²) in [6, 6.07) is 16.5. The fourth-order valence-electron chi connectivity index (χ4n) is 3.23. The Hall–Kier alpha value is -2.70. The van der Waals surface area contributed by atoms with Crippen molar-refractivity contribution in [2.45, 2.75) is 6.54 Å². The normalized spacial score (nSPS) is 15.0. The van der Waals surface area contributed by atoms with Crippen LogP contribution >= 0.6 is 0 Å². The van der Waals surface area contributed by atoms with Gasteiger partial charge in [-0.3, -0.25) is 4.90 Å². The van der Waals surface area contributed by atoms with Crippen molar-refractivity contribution in [1.29, 1.82) is 0 Å². The van der Waals surface area contributed by atoms with Crippen molar-refractivity contribution in [2.75, 3.05) is 50.6 Å². The number of hydrogen-bond acceptors (Lipinski definition) is 6. The second kappa shape index (κ2) is 7.90. The van der Waals surface area contributed by atoms with Crippen LogP contribution < -0.4 is 10.2 Å². The quantitative estimate of drug-likeness (QED) is 0.751. The maximum atomic E-state index is 5.44. The fraction of sp³-hybridized carbons (Fsp3) is 0.333. The van der Waals surface area contributed by atoms with Crippen LogP contribution in [0.2, 0.25) is 0 Å². The number of fused-ring (bicyclic) bond motifs is 1. The Morgan fingerprint density at radius 3 is 2.48 bits per heavy atom. The van der Waals surface area contributed by atoms with E-state index in [1.807, 2.05) is 32.3 Å². The monoisotopic (exact) mass is 363 g/mol. The molecule has 0 saturated carbocycles. The largest absolute Gasteiger partial charge is 0.379 e. The van der Waals surface area contributed by atoms with E-state index in [9.17, 15) is 0 Å². The van der Waals surface area contributed by atoms with Gasteiger partial charge in [0.05, 0.1) is 25.3 Å². The molecule has 1 aromatic heterocycles. The lowest BCUT2D eigenvalue weighted by atomic mass is 10.2. The molecule has 0 unspecified atom stereocenters. The summed E-state index contributed by atoms with van der Waals surface area (Å²) < 4.78 is 5.44. The van der Waals surface area contributed by atoms with Crippen molar-refractivity contribution in [2.24, 2.45) is 0 Å². The third kappa shape index (κ3) is 4.18. The Morgan fingerprint density at radius 1 is 1.00 bits per heavy atom. The second-order valence-corrected chi connectivity index (χ2v) is 6.96. The molecule has 0 atom stereocenters. The van der Waals surface area contributed by atoms with Crippen molar-refractivity contribution in [3.63, 3.8) is 0 Å². The van der Waals surface area contributed by atoms with E-state index in [2.05, 4.69) is 45.4 Å². The van der Waals surface area contributed by atoms with E-state index in [1.54, 1.807) is 0 Å². The average molecular weight is 363 g/mol. The molecule has 6 heteroatoms. The highest BCUT2D eigenvalue weighted by molar-refractivity contribution is 5.90. The smallest absolute Gasteiger partial charge is 0.145 e. The lowest BCUT2D eigenvalue weighted by Gasteiger charge is -2.26. The summed E-state index contributed by atoms with van der Waals surface area (Å²) in [5.74, 6) is 1.68. The highest BCUT2D eigenvalue weighted by Crippen LogP contribution is 2.25. The van der Waals surface area contributed by atoms with Crippen LogP contribution in [0, 0.1) is 0 Å². The Bertz CT molecular complexity index is 904. The molecule has 0 bridgehead atoms. The molecule has 0 aliphatic carbocycles. The fourth-order valence-corrected chi connectivity index (χ4v) is 3.23. The first-order chi connectivity index (χ1) is 13.2. The summed E-state index contributed by atoms with van der Waals surface area (Å²) in [5, 5.41) is 4.51. The first-order valence-corrected chi connectivity index (χ1v) is 9.29. The van der Waals surface area contributed by atoms with Crippen molar-refractivity contribution in [3.8, 4) is 0 Å². The predicted molar refractivity (Wildman–Crippen MR) is 110 cm³/mol. The molecule has 6 nitrogen and oxygen atoms in total. The molecule has 1 N–H and O–H groups in total. The lowest BCUT2D eigenvalue weighted by Crippen LogP contribution is -2.36. The minimum atomic E-state index is 0.739. The highest BCUT2D eigenvalue weighted by Gasteiger charge is 2.14. The zero-order chi connectivity index (χ0) is 18.6. The van der Waals surface area contributed by atoms with Crippen LogP contribution in [0.4, 0.5) is 17.2 Å². The van der Waals surface area contributed by atoms with Gasteiger partial charge in [-0.15, -0.1) is 0 Å². The van der Waals surface area contributed by atoms with Crippen LogP contribution in [0.5, 0.6) is 0 Å². The van der Waals surface area contributed by atoms with Gasteiger partial charge in [0, 0.05) is 43.9 Å². The summed E-state index contributed by atoms with van der Waals surface area (Å²) in [6.45, 7) is 4.13. The second-order valence-electron chi connectivity index (χ2n) is 6.96. The molecule has 2 heterocycles. The van der Waals surface area contributed by atoms with E-state index in [1.165, 1.54) is 5.69 Å². The van der Waals surface area contributed by atoms with Gasteiger partial charge >= 0.3 is 0 Å². The molecule has 4 rings (SSSR count). The Kier molecular flexibility index (Phi) is 5.18. The van der Waals surface area contributed by atoms with Crippen molar-refractivity contribution >= 4 is 28.1 Å². The molecule has 0 spiro atoms. The lowest BCUT2D eigenvalue weighted by molar-refractivity contribution is 0.0331. The molecule has 1 aliphatic heterocycles. The van der Waals surface area contributed by atoms with Crippen LogP contribution in [0.3, 0.4) is 0 Å². The van der Waals surface area contributed by atoms with Crippen LogP contribution in [-0.4, -0.2) is 55.3 Å². The third-order valence-electron chi connectivity index (χ3n) is 4.76. The minimum Gasteiger partial charge on any atom is -0.379 e. The number of rotatable bonds is 5. The molecule has 2 aromatic carbocycles. The van der Waals surface area contributed by atoms with Gasteiger partial charge in [-0.2, -0.15) is 0 Å². The van der Waals surface area contributed by atoms with Gasteiger partial charge in [-0.25, -0.2) is 9.97 Å². The van der Waals surface area contributed by atoms with E-state index in [-0.39, 0.29) is 0 Å². The number of ether oxygens (including phenoxy) is 1. The van der Waals surface area contributed by atoms with Crippen LogP contribution in [0.1, 0.15) is 5.82 Å². The number of hydrogen-bond donors (Lipinski definition) is 1. The number of aromatic nitrogens is 2. The first-order valence-electron chi connectivity index (χ1n) is 9.29. The molecule has 1 fully saturated rings. The van der Waals surface area contributed by atoms with Gasteiger partial charge < -0.3 is 15.0 Å². The number of morpholine rings is 1. The zero-order valence-electron chi connectivity index (χ0n) is 15.9. The number of nitrogens with one attached hydrogen (secondary N) is 1. The molecular formula is C21H25N5O. The summed E-state index contributed by atoms with van der Waals surface area (Å²) in [5.41, 5.74) is 3.14. The van der Waals surface area contributed by atoms with Crippen molar-refractivity contribution in [1.82, 2.24) is 14.9 Å². The minimum absolute atomic E-state index is 0.739. The molecule has 0 radical (unpaired) electrons. The topological polar surface area (TPSA) is 53.5 Å². The molecular weight excluding hydrogens is 338 g/mol. The maximum Gasteiger partial charge on any atom is 0.145 e. The van der Waals surface area contributed by atoms with E-state index in [4.69, 9.17) is 14.7 Å². The van der Waals surface area contributed by atoms with Crippen molar-refractivity contribution < 1.29 is 4.74 Å². The first kappa shape index (κ1) is 17.7. The van der Waals surface area contributed by atoms with Gasteiger partial charge in [0.2, 0.25) is 0 Å². The number of benzene rings is 2. The van der Waals surface area contributed by atoms with E-state index < -0.39 is 0 Å². The summed E-state index contributed by atoms with van der Waals surface area (Å²) >= 11 is 0. The molecule has 140 valence electrons. The van der Waals surface area contributed by atoms with Gasteiger partial charge in [0.25, 0.3) is 0 Å².